The Morgan fingerprint density at radius 1 is 1.21 bits per heavy atom. The number of benzene rings is 1. The normalized spacial score (nSPS) is 22.8. The van der Waals surface area contributed by atoms with Gasteiger partial charge in [-0.1, -0.05) is 30.3 Å². The SMILES string of the molecule is O=C(N1CCOCC1)N1[C@H](COCc2ccccc2)C=CS1(=O)=O. The van der Waals surface area contributed by atoms with Crippen molar-refractivity contribution in [1.29, 1.82) is 0 Å². The number of carbonyl (C=O) groups excluding carboxylic acids is 1. The molecular weight excluding hydrogens is 332 g/mol. The molecule has 0 saturated carbocycles. The number of sulfonamides is 1. The van der Waals surface area contributed by atoms with Crippen molar-refractivity contribution in [3.05, 3.63) is 47.4 Å². The maximum Gasteiger partial charge on any atom is 0.334 e. The Balaban J connectivity index is 1.63. The summed E-state index contributed by atoms with van der Waals surface area (Å²) in [6, 6.07) is 8.46. The molecule has 3 rings (SSSR count). The lowest BCUT2D eigenvalue weighted by Crippen LogP contribution is -2.52. The lowest BCUT2D eigenvalue weighted by atomic mass is 10.2. The summed E-state index contributed by atoms with van der Waals surface area (Å²) in [5.41, 5.74) is 0.994. The molecule has 0 radical (unpaired) electrons. The lowest BCUT2D eigenvalue weighted by molar-refractivity contribution is 0.0431. The van der Waals surface area contributed by atoms with Gasteiger partial charge in [0.2, 0.25) is 0 Å². The zero-order valence-electron chi connectivity index (χ0n) is 13.2. The van der Waals surface area contributed by atoms with Gasteiger partial charge in [-0.2, -0.15) is 0 Å². The smallest absolute Gasteiger partial charge is 0.334 e. The molecule has 2 aliphatic heterocycles. The highest BCUT2D eigenvalue weighted by Crippen LogP contribution is 2.22. The molecule has 1 saturated heterocycles. The molecule has 0 unspecified atom stereocenters. The third-order valence-corrected chi connectivity index (χ3v) is 5.39. The van der Waals surface area contributed by atoms with Crippen LogP contribution in [0.15, 0.2) is 41.8 Å². The fourth-order valence-electron chi connectivity index (χ4n) is 2.66. The van der Waals surface area contributed by atoms with E-state index in [9.17, 15) is 13.2 Å². The summed E-state index contributed by atoms with van der Waals surface area (Å²) >= 11 is 0. The first-order valence-corrected chi connectivity index (χ1v) is 9.29. The Labute approximate surface area is 141 Å². The average molecular weight is 352 g/mol. The van der Waals surface area contributed by atoms with Gasteiger partial charge in [-0.3, -0.25) is 0 Å². The Morgan fingerprint density at radius 2 is 1.92 bits per heavy atom. The summed E-state index contributed by atoms with van der Waals surface area (Å²) in [6.07, 6.45) is 1.50. The zero-order valence-corrected chi connectivity index (χ0v) is 14.0. The van der Waals surface area contributed by atoms with Crippen molar-refractivity contribution in [3.8, 4) is 0 Å². The number of rotatable bonds is 4. The Kier molecular flexibility index (Phi) is 5.17. The predicted octanol–water partition coefficient (Wildman–Crippen LogP) is 1.18. The van der Waals surface area contributed by atoms with Crippen LogP contribution in [0.1, 0.15) is 5.56 Å². The molecule has 7 nitrogen and oxygen atoms in total. The third-order valence-electron chi connectivity index (χ3n) is 3.92. The number of nitrogens with zero attached hydrogens (tertiary/aromatic N) is 2. The second kappa shape index (κ2) is 7.33. The molecule has 24 heavy (non-hydrogen) atoms. The van der Waals surface area contributed by atoms with Crippen LogP contribution in [-0.2, 0) is 26.1 Å². The molecule has 2 heterocycles. The van der Waals surface area contributed by atoms with E-state index >= 15 is 0 Å². The summed E-state index contributed by atoms with van der Waals surface area (Å²) in [5, 5.41) is 1.07. The Morgan fingerprint density at radius 3 is 2.62 bits per heavy atom. The van der Waals surface area contributed by atoms with Crippen molar-refractivity contribution >= 4 is 16.1 Å². The van der Waals surface area contributed by atoms with Crippen LogP contribution in [-0.4, -0.2) is 62.6 Å². The highest BCUT2D eigenvalue weighted by Gasteiger charge is 2.39. The van der Waals surface area contributed by atoms with Crippen molar-refractivity contribution in [1.82, 2.24) is 9.21 Å². The Hall–Kier alpha value is -1.90. The van der Waals surface area contributed by atoms with Crippen molar-refractivity contribution in [2.45, 2.75) is 12.6 Å². The van der Waals surface area contributed by atoms with Gasteiger partial charge in [0.25, 0.3) is 10.0 Å². The van der Waals surface area contributed by atoms with E-state index in [1.54, 1.807) is 0 Å². The van der Waals surface area contributed by atoms with Gasteiger partial charge in [-0.25, -0.2) is 17.5 Å². The molecule has 1 atom stereocenters. The molecule has 0 aliphatic carbocycles. The highest BCUT2D eigenvalue weighted by molar-refractivity contribution is 7.92. The summed E-state index contributed by atoms with van der Waals surface area (Å²) < 4.78 is 36.1. The number of hydrogen-bond donors (Lipinski definition) is 0. The van der Waals surface area contributed by atoms with E-state index in [-0.39, 0.29) is 6.61 Å². The number of urea groups is 1. The standard InChI is InChI=1S/C16H20N2O5S/c19-16(17-7-9-22-10-8-17)18-15(6-11-24(18,20)21)13-23-12-14-4-2-1-3-5-14/h1-6,11,15H,7-10,12-13H2/t15-/m0/s1. The summed E-state index contributed by atoms with van der Waals surface area (Å²) in [4.78, 5) is 14.1. The number of amides is 2. The maximum atomic E-state index is 12.6. The van der Waals surface area contributed by atoms with Gasteiger partial charge < -0.3 is 14.4 Å². The Bertz CT molecular complexity index is 698. The minimum atomic E-state index is -3.74. The molecule has 0 spiro atoms. The third kappa shape index (κ3) is 3.77. The van der Waals surface area contributed by atoms with Crippen LogP contribution >= 0.6 is 0 Å². The molecule has 0 bridgehead atoms. The maximum absolute atomic E-state index is 12.6. The largest absolute Gasteiger partial charge is 0.378 e. The molecule has 1 aromatic carbocycles. The van der Waals surface area contributed by atoms with Gasteiger partial charge in [0, 0.05) is 18.5 Å². The van der Waals surface area contributed by atoms with Gasteiger partial charge in [-0.15, -0.1) is 0 Å². The van der Waals surface area contributed by atoms with Gasteiger partial charge >= 0.3 is 6.03 Å². The first-order chi connectivity index (χ1) is 11.6. The molecule has 2 amide bonds. The van der Waals surface area contributed by atoms with E-state index in [0.29, 0.717) is 32.9 Å². The van der Waals surface area contributed by atoms with Crippen LogP contribution in [0.25, 0.3) is 0 Å². The predicted molar refractivity (Wildman–Crippen MR) is 87.6 cm³/mol. The van der Waals surface area contributed by atoms with Gasteiger partial charge in [0.15, 0.2) is 0 Å². The molecule has 130 valence electrons. The van der Waals surface area contributed by atoms with Gasteiger partial charge in [-0.05, 0) is 11.6 Å². The topological polar surface area (TPSA) is 76.2 Å². The quantitative estimate of drug-likeness (QED) is 0.813. The molecule has 2 aliphatic rings. The fourth-order valence-corrected chi connectivity index (χ4v) is 4.01. The van der Waals surface area contributed by atoms with E-state index < -0.39 is 22.1 Å². The number of carbonyl (C=O) groups is 1. The van der Waals surface area contributed by atoms with Crippen LogP contribution in [0, 0.1) is 0 Å². The molecule has 0 N–H and O–H groups in total. The number of morpholine rings is 1. The van der Waals surface area contributed by atoms with Crippen LogP contribution in [0.4, 0.5) is 4.79 Å². The second-order valence-corrected chi connectivity index (χ2v) is 7.31. The minimum Gasteiger partial charge on any atom is -0.378 e. The monoisotopic (exact) mass is 352 g/mol. The lowest BCUT2D eigenvalue weighted by Gasteiger charge is -2.32. The van der Waals surface area contributed by atoms with Crippen molar-refractivity contribution < 1.29 is 22.7 Å². The fraction of sp³-hybridized carbons (Fsp3) is 0.438. The zero-order chi connectivity index (χ0) is 17.0. The van der Waals surface area contributed by atoms with Crippen LogP contribution < -0.4 is 0 Å². The van der Waals surface area contributed by atoms with Crippen LogP contribution in [0.3, 0.4) is 0 Å². The van der Waals surface area contributed by atoms with E-state index in [0.717, 1.165) is 15.3 Å². The van der Waals surface area contributed by atoms with Crippen molar-refractivity contribution in [2.24, 2.45) is 0 Å². The van der Waals surface area contributed by atoms with Crippen molar-refractivity contribution in [3.63, 3.8) is 0 Å². The first kappa shape index (κ1) is 16.9. The molecule has 8 heteroatoms. The first-order valence-electron chi connectivity index (χ1n) is 7.79. The summed E-state index contributed by atoms with van der Waals surface area (Å²) in [7, 11) is -3.74. The van der Waals surface area contributed by atoms with Crippen LogP contribution in [0.5, 0.6) is 0 Å². The molecule has 1 aromatic rings. The second-order valence-electron chi connectivity index (χ2n) is 5.62. The summed E-state index contributed by atoms with van der Waals surface area (Å²) in [5.74, 6) is 0. The highest BCUT2D eigenvalue weighted by atomic mass is 32.2. The van der Waals surface area contributed by atoms with Gasteiger partial charge in [0.05, 0.1) is 32.5 Å². The molecule has 0 aromatic heterocycles. The van der Waals surface area contributed by atoms with E-state index in [1.807, 2.05) is 30.3 Å². The van der Waals surface area contributed by atoms with E-state index in [1.165, 1.54) is 11.0 Å². The number of ether oxygens (including phenoxy) is 2. The molecular formula is C16H20N2O5S. The number of hydrogen-bond acceptors (Lipinski definition) is 5. The summed E-state index contributed by atoms with van der Waals surface area (Å²) in [6.45, 7) is 2.11. The van der Waals surface area contributed by atoms with Gasteiger partial charge in [0.1, 0.15) is 0 Å². The average Bonchev–Trinajstić information content (AvgIpc) is 2.90. The van der Waals surface area contributed by atoms with E-state index in [2.05, 4.69) is 0 Å². The van der Waals surface area contributed by atoms with E-state index in [4.69, 9.17) is 9.47 Å². The molecule has 1 fully saturated rings. The van der Waals surface area contributed by atoms with Crippen molar-refractivity contribution in [2.75, 3.05) is 32.9 Å². The van der Waals surface area contributed by atoms with Crippen LogP contribution in [0.2, 0.25) is 0 Å². The minimum absolute atomic E-state index is 0.126.